The summed E-state index contributed by atoms with van der Waals surface area (Å²) >= 11 is 0. The van der Waals surface area contributed by atoms with Crippen LogP contribution in [0.15, 0.2) is 73.3 Å². The molecular formula is C30H35N7O. The smallest absolute Gasteiger partial charge is 0.227 e. The van der Waals surface area contributed by atoms with E-state index in [1.54, 1.807) is 24.8 Å². The lowest BCUT2D eigenvalue weighted by molar-refractivity contribution is 0.112. The van der Waals surface area contributed by atoms with Crippen LogP contribution in [0.4, 0.5) is 17.3 Å². The lowest BCUT2D eigenvalue weighted by atomic mass is 9.89. The summed E-state index contributed by atoms with van der Waals surface area (Å²) in [5, 5.41) is 6.28. The summed E-state index contributed by atoms with van der Waals surface area (Å²) in [4.78, 5) is 30.3. The van der Waals surface area contributed by atoms with E-state index < -0.39 is 0 Å². The predicted molar refractivity (Wildman–Crippen MR) is 153 cm³/mol. The van der Waals surface area contributed by atoms with Crippen molar-refractivity contribution in [1.82, 2.24) is 24.8 Å². The molecule has 0 unspecified atom stereocenters. The van der Waals surface area contributed by atoms with Gasteiger partial charge in [-0.05, 0) is 75.1 Å². The Bertz CT molecular complexity index is 1300. The van der Waals surface area contributed by atoms with E-state index in [0.717, 1.165) is 46.7 Å². The minimum absolute atomic E-state index is 0.527. The average Bonchev–Trinajstić information content (AvgIpc) is 2.99. The zero-order chi connectivity index (χ0) is 26.7. The summed E-state index contributed by atoms with van der Waals surface area (Å²) in [6.45, 7) is 7.73. The minimum Gasteiger partial charge on any atom is -0.387 e. The molecule has 4 heterocycles. The molecule has 2 N–H and O–H groups in total. The molecule has 5 rings (SSSR count). The maximum atomic E-state index is 10.6. The number of likely N-dealkylation sites (tertiary alicyclic amines) is 1. The van der Waals surface area contributed by atoms with Crippen LogP contribution in [0.2, 0.25) is 0 Å². The molecule has 0 radical (unpaired) electrons. The number of aldehydes is 1. The van der Waals surface area contributed by atoms with Gasteiger partial charge in [0.25, 0.3) is 0 Å². The maximum absolute atomic E-state index is 10.6. The van der Waals surface area contributed by atoms with Crippen LogP contribution in [-0.4, -0.2) is 57.8 Å². The highest BCUT2D eigenvalue weighted by Gasteiger charge is 2.19. The zero-order valence-corrected chi connectivity index (χ0v) is 22.3. The first kappa shape index (κ1) is 26.9. The van der Waals surface area contributed by atoms with Crippen molar-refractivity contribution in [3.63, 3.8) is 0 Å². The van der Waals surface area contributed by atoms with Crippen molar-refractivity contribution < 1.29 is 4.79 Å². The Balaban J connectivity index is 0.000000186. The molecule has 0 spiro atoms. The number of hydrogen-bond donors (Lipinski definition) is 2. The number of carbonyl (C=O) groups is 1. The first-order valence-electron chi connectivity index (χ1n) is 13.0. The van der Waals surface area contributed by atoms with Gasteiger partial charge in [0.15, 0.2) is 0 Å². The van der Waals surface area contributed by atoms with Gasteiger partial charge in [-0.15, -0.1) is 0 Å². The summed E-state index contributed by atoms with van der Waals surface area (Å²) in [5.41, 5.74) is 6.62. The van der Waals surface area contributed by atoms with Crippen LogP contribution in [-0.2, 0) is 0 Å². The van der Waals surface area contributed by atoms with Crippen molar-refractivity contribution in [1.29, 1.82) is 0 Å². The van der Waals surface area contributed by atoms with E-state index in [9.17, 15) is 4.79 Å². The van der Waals surface area contributed by atoms with Gasteiger partial charge in [-0.2, -0.15) is 0 Å². The van der Waals surface area contributed by atoms with Crippen molar-refractivity contribution in [3.8, 4) is 11.3 Å². The Labute approximate surface area is 224 Å². The maximum Gasteiger partial charge on any atom is 0.227 e. The van der Waals surface area contributed by atoms with Crippen LogP contribution in [0.5, 0.6) is 0 Å². The molecule has 1 saturated heterocycles. The monoisotopic (exact) mass is 509 g/mol. The van der Waals surface area contributed by atoms with Crippen molar-refractivity contribution in [2.45, 2.75) is 32.6 Å². The SMILES string of the molecule is CCN1CCC(c2ccc(C=O)cc2)CC1.CNc1cnc(C)c(Nc2nccc(-c3cccnc3)n2)c1. The number of aromatic nitrogens is 4. The fourth-order valence-electron chi connectivity index (χ4n) is 4.44. The van der Waals surface area contributed by atoms with Gasteiger partial charge in [-0.25, -0.2) is 9.97 Å². The van der Waals surface area contributed by atoms with Gasteiger partial charge in [0.05, 0.1) is 29.0 Å². The quantitative estimate of drug-likeness (QED) is 0.305. The number of benzene rings is 1. The second kappa shape index (κ2) is 13.4. The molecule has 0 bridgehead atoms. The zero-order valence-electron chi connectivity index (χ0n) is 22.3. The minimum atomic E-state index is 0.527. The second-order valence-electron chi connectivity index (χ2n) is 9.23. The molecule has 8 nitrogen and oxygen atoms in total. The van der Waals surface area contributed by atoms with Gasteiger partial charge in [0, 0.05) is 36.8 Å². The molecule has 1 aliphatic heterocycles. The first-order valence-corrected chi connectivity index (χ1v) is 13.0. The Kier molecular flexibility index (Phi) is 9.48. The predicted octanol–water partition coefficient (Wildman–Crippen LogP) is 5.73. The summed E-state index contributed by atoms with van der Waals surface area (Å²) in [6, 6.07) is 15.7. The molecular weight excluding hydrogens is 474 g/mol. The third-order valence-electron chi connectivity index (χ3n) is 6.81. The lowest BCUT2D eigenvalue weighted by Gasteiger charge is -2.31. The highest BCUT2D eigenvalue weighted by Crippen LogP contribution is 2.28. The number of nitrogens with zero attached hydrogens (tertiary/aromatic N) is 5. The summed E-state index contributed by atoms with van der Waals surface area (Å²) in [5.74, 6) is 1.21. The molecule has 4 aromatic rings. The van der Waals surface area contributed by atoms with Gasteiger partial charge in [0.2, 0.25) is 5.95 Å². The Morgan fingerprint density at radius 3 is 2.47 bits per heavy atom. The van der Waals surface area contributed by atoms with Gasteiger partial charge in [-0.1, -0.05) is 31.2 Å². The number of piperidine rings is 1. The molecule has 0 aliphatic carbocycles. The molecule has 0 atom stereocenters. The Hall–Kier alpha value is -4.17. The van der Waals surface area contributed by atoms with Gasteiger partial charge in [0.1, 0.15) is 6.29 Å². The molecule has 0 saturated carbocycles. The molecule has 196 valence electrons. The number of nitrogens with one attached hydrogen (secondary N) is 2. The fraction of sp³-hybridized carbons (Fsp3) is 0.300. The second-order valence-corrected chi connectivity index (χ2v) is 9.23. The van der Waals surface area contributed by atoms with Crippen LogP contribution in [0.1, 0.15) is 47.3 Å². The van der Waals surface area contributed by atoms with Gasteiger partial charge in [-0.3, -0.25) is 14.8 Å². The van der Waals surface area contributed by atoms with E-state index in [1.165, 1.54) is 31.5 Å². The lowest BCUT2D eigenvalue weighted by Crippen LogP contribution is -2.32. The number of hydrogen-bond acceptors (Lipinski definition) is 8. The summed E-state index contributed by atoms with van der Waals surface area (Å²) in [6.07, 6.45) is 10.4. The Morgan fingerprint density at radius 2 is 1.82 bits per heavy atom. The third-order valence-corrected chi connectivity index (χ3v) is 6.81. The molecule has 3 aromatic heterocycles. The van der Waals surface area contributed by atoms with Crippen LogP contribution < -0.4 is 10.6 Å². The molecule has 0 amide bonds. The molecule has 1 fully saturated rings. The van der Waals surface area contributed by atoms with Crippen LogP contribution in [0.3, 0.4) is 0 Å². The van der Waals surface area contributed by atoms with Crippen LogP contribution in [0.25, 0.3) is 11.3 Å². The summed E-state index contributed by atoms with van der Waals surface area (Å²) < 4.78 is 0. The highest BCUT2D eigenvalue weighted by atomic mass is 16.1. The number of anilines is 3. The molecule has 1 aromatic carbocycles. The summed E-state index contributed by atoms with van der Waals surface area (Å²) in [7, 11) is 1.86. The molecule has 8 heteroatoms. The average molecular weight is 510 g/mol. The van der Waals surface area contributed by atoms with Gasteiger partial charge >= 0.3 is 0 Å². The molecule has 1 aliphatic rings. The third kappa shape index (κ3) is 7.20. The number of pyridine rings is 2. The number of carbonyl (C=O) groups excluding carboxylic acids is 1. The fourth-order valence-corrected chi connectivity index (χ4v) is 4.44. The van der Waals surface area contributed by atoms with E-state index in [0.29, 0.717) is 11.9 Å². The van der Waals surface area contributed by atoms with Crippen LogP contribution >= 0.6 is 0 Å². The number of aryl methyl sites for hydroxylation is 1. The van der Waals surface area contributed by atoms with Crippen molar-refractivity contribution in [2.75, 3.05) is 37.3 Å². The first-order chi connectivity index (χ1) is 18.6. The largest absolute Gasteiger partial charge is 0.387 e. The van der Waals surface area contributed by atoms with E-state index in [2.05, 4.69) is 54.5 Å². The van der Waals surface area contributed by atoms with Crippen LogP contribution in [0, 0.1) is 6.92 Å². The standard InChI is InChI=1S/C16H16N6.C14H19NO/c1-11-15(8-13(17-2)10-20-11)22-16-19-7-5-14(21-16)12-4-3-6-18-9-12;1-2-15-9-7-14(8-10-15)13-5-3-12(11-16)4-6-13/h3-10,17H,1-2H3,(H,19,21,22);3-6,11,14H,2,7-10H2,1H3. The normalized spacial score (nSPS) is 13.8. The van der Waals surface area contributed by atoms with E-state index in [-0.39, 0.29) is 0 Å². The highest BCUT2D eigenvalue weighted by molar-refractivity contribution is 5.74. The van der Waals surface area contributed by atoms with Crippen molar-refractivity contribution in [2.24, 2.45) is 0 Å². The number of rotatable bonds is 7. The Morgan fingerprint density at radius 1 is 1.03 bits per heavy atom. The van der Waals surface area contributed by atoms with E-state index in [1.807, 2.05) is 50.4 Å². The van der Waals surface area contributed by atoms with Crippen molar-refractivity contribution >= 4 is 23.6 Å². The van der Waals surface area contributed by atoms with E-state index in [4.69, 9.17) is 0 Å². The van der Waals surface area contributed by atoms with E-state index >= 15 is 0 Å². The van der Waals surface area contributed by atoms with Crippen molar-refractivity contribution in [3.05, 3.63) is 90.1 Å². The topological polar surface area (TPSA) is 95.9 Å². The molecule has 38 heavy (non-hydrogen) atoms. The van der Waals surface area contributed by atoms with Gasteiger partial charge < -0.3 is 15.5 Å².